The highest BCUT2D eigenvalue weighted by Gasteiger charge is 2.46. The second kappa shape index (κ2) is 6.08. The van der Waals surface area contributed by atoms with Crippen LogP contribution in [0, 0.1) is 11.7 Å². The van der Waals surface area contributed by atoms with Gasteiger partial charge in [-0.15, -0.1) is 11.3 Å². The molecule has 4 rings (SSSR count). The topological polar surface area (TPSA) is 20.3 Å². The Morgan fingerprint density at radius 2 is 1.96 bits per heavy atom. The summed E-state index contributed by atoms with van der Waals surface area (Å²) in [6.07, 6.45) is 4.47. The highest BCUT2D eigenvalue weighted by molar-refractivity contribution is 7.10. The van der Waals surface area contributed by atoms with Crippen molar-refractivity contribution in [2.75, 3.05) is 13.1 Å². The molecule has 2 aliphatic rings. The SMILES string of the molecule is O=C(C1CC1c1cc(-c2ccccc2F)cs1)N1CCCCC1. The monoisotopic (exact) mass is 329 g/mol. The fourth-order valence-electron chi connectivity index (χ4n) is 3.51. The molecular weight excluding hydrogens is 309 g/mol. The molecule has 0 spiro atoms. The smallest absolute Gasteiger partial charge is 0.226 e. The fourth-order valence-corrected chi connectivity index (χ4v) is 4.60. The summed E-state index contributed by atoms with van der Waals surface area (Å²) >= 11 is 1.65. The summed E-state index contributed by atoms with van der Waals surface area (Å²) < 4.78 is 13.9. The molecule has 1 saturated heterocycles. The largest absolute Gasteiger partial charge is 0.342 e. The third-order valence-electron chi connectivity index (χ3n) is 4.95. The molecule has 4 heteroatoms. The highest BCUT2D eigenvalue weighted by Crippen LogP contribution is 2.51. The molecule has 0 bridgehead atoms. The molecule has 2 aromatic rings. The number of amides is 1. The van der Waals surface area contributed by atoms with Crippen LogP contribution in [-0.2, 0) is 4.79 Å². The van der Waals surface area contributed by atoms with E-state index in [1.54, 1.807) is 17.4 Å². The second-order valence-corrected chi connectivity index (χ2v) is 7.50. The Kier molecular flexibility index (Phi) is 3.93. The van der Waals surface area contributed by atoms with Crippen LogP contribution in [0.3, 0.4) is 0 Å². The van der Waals surface area contributed by atoms with E-state index in [0.717, 1.165) is 37.9 Å². The zero-order valence-corrected chi connectivity index (χ0v) is 13.8. The summed E-state index contributed by atoms with van der Waals surface area (Å²) in [7, 11) is 0. The van der Waals surface area contributed by atoms with E-state index < -0.39 is 0 Å². The maximum absolute atomic E-state index is 13.9. The third kappa shape index (κ3) is 2.92. The van der Waals surface area contributed by atoms with Crippen LogP contribution in [0.1, 0.15) is 36.5 Å². The lowest BCUT2D eigenvalue weighted by atomic mass is 10.1. The first-order valence-electron chi connectivity index (χ1n) is 8.36. The van der Waals surface area contributed by atoms with Crippen molar-refractivity contribution in [3.8, 4) is 11.1 Å². The van der Waals surface area contributed by atoms with Crippen molar-refractivity contribution in [2.24, 2.45) is 5.92 Å². The minimum atomic E-state index is -0.186. The summed E-state index contributed by atoms with van der Waals surface area (Å²) in [6, 6.07) is 8.93. The maximum atomic E-state index is 13.9. The fraction of sp³-hybridized carbons (Fsp3) is 0.421. The van der Waals surface area contributed by atoms with Crippen molar-refractivity contribution >= 4 is 17.2 Å². The minimum Gasteiger partial charge on any atom is -0.342 e. The number of likely N-dealkylation sites (tertiary alicyclic amines) is 1. The standard InChI is InChI=1S/C19H20FNOS/c20-17-7-3-2-6-14(17)13-10-18(23-12-13)15-11-16(15)19(22)21-8-4-1-5-9-21/h2-3,6-7,10,12,15-16H,1,4-5,8-9,11H2. The Morgan fingerprint density at radius 1 is 1.17 bits per heavy atom. The van der Waals surface area contributed by atoms with Crippen molar-refractivity contribution in [3.63, 3.8) is 0 Å². The number of benzene rings is 1. The first kappa shape index (κ1) is 14.9. The third-order valence-corrected chi connectivity index (χ3v) is 6.01. The van der Waals surface area contributed by atoms with Gasteiger partial charge in [-0.25, -0.2) is 4.39 Å². The van der Waals surface area contributed by atoms with E-state index in [4.69, 9.17) is 0 Å². The molecule has 2 nitrogen and oxygen atoms in total. The zero-order chi connectivity index (χ0) is 15.8. The predicted octanol–water partition coefficient (Wildman–Crippen LogP) is 4.67. The number of halogens is 1. The molecule has 1 saturated carbocycles. The number of thiophene rings is 1. The van der Waals surface area contributed by atoms with Crippen molar-refractivity contribution in [3.05, 3.63) is 46.4 Å². The Morgan fingerprint density at radius 3 is 2.74 bits per heavy atom. The van der Waals surface area contributed by atoms with Gasteiger partial charge in [-0.3, -0.25) is 4.79 Å². The molecule has 2 heterocycles. The number of carbonyl (C=O) groups is 1. The number of hydrogen-bond acceptors (Lipinski definition) is 2. The number of nitrogens with zero attached hydrogens (tertiary/aromatic N) is 1. The van der Waals surface area contributed by atoms with E-state index >= 15 is 0 Å². The number of piperidine rings is 1. The summed E-state index contributed by atoms with van der Waals surface area (Å²) in [4.78, 5) is 15.8. The lowest BCUT2D eigenvalue weighted by Crippen LogP contribution is -2.36. The molecule has 1 aromatic carbocycles. The van der Waals surface area contributed by atoms with Crippen LogP contribution in [-0.4, -0.2) is 23.9 Å². The summed E-state index contributed by atoms with van der Waals surface area (Å²) in [5, 5.41) is 2.01. The highest BCUT2D eigenvalue weighted by atomic mass is 32.1. The van der Waals surface area contributed by atoms with Crippen molar-refractivity contribution in [1.82, 2.24) is 4.90 Å². The summed E-state index contributed by atoms with van der Waals surface area (Å²) in [5.41, 5.74) is 1.58. The molecule has 0 N–H and O–H groups in total. The average molecular weight is 329 g/mol. The van der Waals surface area contributed by atoms with Gasteiger partial charge in [-0.1, -0.05) is 18.2 Å². The van der Waals surface area contributed by atoms with E-state index in [0.29, 0.717) is 17.4 Å². The van der Waals surface area contributed by atoms with Crippen LogP contribution >= 0.6 is 11.3 Å². The quantitative estimate of drug-likeness (QED) is 0.801. The van der Waals surface area contributed by atoms with Crippen molar-refractivity contribution in [1.29, 1.82) is 0 Å². The molecule has 2 fully saturated rings. The molecule has 2 unspecified atom stereocenters. The first-order chi connectivity index (χ1) is 11.2. The molecule has 1 aliphatic heterocycles. The van der Waals surface area contributed by atoms with E-state index in [9.17, 15) is 9.18 Å². The second-order valence-electron chi connectivity index (χ2n) is 6.55. The van der Waals surface area contributed by atoms with E-state index in [2.05, 4.69) is 6.07 Å². The van der Waals surface area contributed by atoms with Gasteiger partial charge in [-0.2, -0.15) is 0 Å². The van der Waals surface area contributed by atoms with Gasteiger partial charge in [-0.05, 0) is 48.8 Å². The zero-order valence-electron chi connectivity index (χ0n) is 13.0. The number of carbonyl (C=O) groups excluding carboxylic acids is 1. The van der Waals surface area contributed by atoms with E-state index in [1.165, 1.54) is 17.4 Å². The average Bonchev–Trinajstić information content (AvgIpc) is 3.24. The molecule has 1 aliphatic carbocycles. The Bertz CT molecular complexity index is 720. The van der Waals surface area contributed by atoms with Crippen LogP contribution < -0.4 is 0 Å². The number of hydrogen-bond donors (Lipinski definition) is 0. The van der Waals surface area contributed by atoms with E-state index in [-0.39, 0.29) is 11.7 Å². The van der Waals surface area contributed by atoms with Crippen LogP contribution in [0.15, 0.2) is 35.7 Å². The van der Waals surface area contributed by atoms with Crippen LogP contribution in [0.5, 0.6) is 0 Å². The van der Waals surface area contributed by atoms with Gasteiger partial charge in [0.05, 0.1) is 0 Å². The molecule has 23 heavy (non-hydrogen) atoms. The Labute approximate surface area is 139 Å². The van der Waals surface area contributed by atoms with E-state index in [1.807, 2.05) is 22.4 Å². The van der Waals surface area contributed by atoms with Crippen LogP contribution in [0.25, 0.3) is 11.1 Å². The lowest BCUT2D eigenvalue weighted by molar-refractivity contribution is -0.133. The van der Waals surface area contributed by atoms with Crippen LogP contribution in [0.4, 0.5) is 4.39 Å². The van der Waals surface area contributed by atoms with Gasteiger partial charge in [0.25, 0.3) is 0 Å². The van der Waals surface area contributed by atoms with Gasteiger partial charge < -0.3 is 4.90 Å². The van der Waals surface area contributed by atoms with Crippen molar-refractivity contribution < 1.29 is 9.18 Å². The van der Waals surface area contributed by atoms with Gasteiger partial charge in [0, 0.05) is 35.4 Å². The molecule has 2 atom stereocenters. The minimum absolute atomic E-state index is 0.153. The molecule has 120 valence electrons. The van der Waals surface area contributed by atoms with Gasteiger partial charge in [0.15, 0.2) is 0 Å². The number of rotatable bonds is 3. The normalized spacial score (nSPS) is 23.8. The summed E-state index contributed by atoms with van der Waals surface area (Å²) in [5.74, 6) is 0.638. The molecular formula is C19H20FNOS. The Hall–Kier alpha value is -1.68. The van der Waals surface area contributed by atoms with Gasteiger partial charge in [0.2, 0.25) is 5.91 Å². The Balaban J connectivity index is 1.46. The maximum Gasteiger partial charge on any atom is 0.226 e. The van der Waals surface area contributed by atoms with Crippen molar-refractivity contribution in [2.45, 2.75) is 31.6 Å². The summed E-state index contributed by atoms with van der Waals surface area (Å²) in [6.45, 7) is 1.85. The molecule has 1 amide bonds. The van der Waals surface area contributed by atoms with Gasteiger partial charge in [0.1, 0.15) is 5.82 Å². The lowest BCUT2D eigenvalue weighted by Gasteiger charge is -2.26. The predicted molar refractivity (Wildman–Crippen MR) is 91.0 cm³/mol. The first-order valence-corrected chi connectivity index (χ1v) is 9.24. The van der Waals surface area contributed by atoms with Crippen LogP contribution in [0.2, 0.25) is 0 Å². The molecule has 0 radical (unpaired) electrons. The molecule has 1 aromatic heterocycles. The van der Waals surface area contributed by atoms with Gasteiger partial charge >= 0.3 is 0 Å².